The maximum atomic E-state index is 12.7. The number of para-hydroxylation sites is 2. The number of nitrogens with one attached hydrogen (secondary N) is 1. The van der Waals surface area contributed by atoms with Gasteiger partial charge in [-0.1, -0.05) is 53.4 Å². The summed E-state index contributed by atoms with van der Waals surface area (Å²) in [5.41, 5.74) is 1.36. The molecular formula is C19H14N6OS2. The number of anilines is 2. The molecule has 0 spiro atoms. The van der Waals surface area contributed by atoms with Crippen molar-refractivity contribution in [2.24, 2.45) is 0 Å². The second-order valence-electron chi connectivity index (χ2n) is 5.75. The van der Waals surface area contributed by atoms with E-state index < -0.39 is 0 Å². The molecule has 0 fully saturated rings. The quantitative estimate of drug-likeness (QED) is 0.486. The normalized spacial score (nSPS) is 10.7. The molecule has 2 aromatic carbocycles. The van der Waals surface area contributed by atoms with Gasteiger partial charge in [0.2, 0.25) is 5.13 Å². The van der Waals surface area contributed by atoms with Crippen LogP contribution < -0.4 is 10.9 Å². The Balaban J connectivity index is 1.55. The largest absolute Gasteiger partial charge is 0.330 e. The molecule has 0 aliphatic rings. The highest BCUT2D eigenvalue weighted by Crippen LogP contribution is 2.29. The summed E-state index contributed by atoms with van der Waals surface area (Å²) in [6, 6.07) is 18.9. The molecular weight excluding hydrogens is 392 g/mol. The van der Waals surface area contributed by atoms with Gasteiger partial charge in [-0.05, 0) is 24.3 Å². The number of hydrogen-bond donors (Lipinski definition) is 1. The minimum absolute atomic E-state index is 0.0382. The van der Waals surface area contributed by atoms with Gasteiger partial charge in [-0.3, -0.25) is 9.36 Å². The Hall–Kier alpha value is -3.22. The molecule has 138 valence electrons. The molecule has 4 rings (SSSR count). The average Bonchev–Trinajstić information content (AvgIpc) is 3.17. The third-order valence-electron chi connectivity index (χ3n) is 3.93. The molecule has 0 aliphatic carbocycles. The van der Waals surface area contributed by atoms with Crippen LogP contribution in [0.25, 0.3) is 10.9 Å². The van der Waals surface area contributed by atoms with Crippen molar-refractivity contribution in [2.75, 3.05) is 5.32 Å². The Morgan fingerprint density at radius 1 is 1.11 bits per heavy atom. The second kappa shape index (κ2) is 8.21. The molecule has 4 aromatic rings. The highest BCUT2D eigenvalue weighted by molar-refractivity contribution is 8.00. The van der Waals surface area contributed by atoms with Gasteiger partial charge in [-0.15, -0.1) is 10.2 Å². The van der Waals surface area contributed by atoms with Crippen molar-refractivity contribution < 1.29 is 0 Å². The van der Waals surface area contributed by atoms with Gasteiger partial charge in [-0.25, -0.2) is 4.98 Å². The molecule has 7 nitrogen and oxygen atoms in total. The summed E-state index contributed by atoms with van der Waals surface area (Å²) in [6.07, 6.45) is 0. The highest BCUT2D eigenvalue weighted by Gasteiger charge is 2.13. The Morgan fingerprint density at radius 2 is 1.89 bits per heavy atom. The van der Waals surface area contributed by atoms with Gasteiger partial charge in [0, 0.05) is 5.69 Å². The summed E-state index contributed by atoms with van der Waals surface area (Å²) >= 11 is 2.86. The summed E-state index contributed by atoms with van der Waals surface area (Å²) < 4.78 is 2.17. The molecule has 0 saturated carbocycles. The van der Waals surface area contributed by atoms with Gasteiger partial charge in [0.1, 0.15) is 12.4 Å². The van der Waals surface area contributed by atoms with E-state index in [0.29, 0.717) is 27.6 Å². The zero-order valence-electron chi connectivity index (χ0n) is 14.6. The Kier molecular flexibility index (Phi) is 5.32. The lowest BCUT2D eigenvalue weighted by Gasteiger charge is -2.09. The second-order valence-corrected chi connectivity index (χ2v) is 7.95. The molecule has 9 heteroatoms. The molecule has 2 heterocycles. The van der Waals surface area contributed by atoms with Crippen molar-refractivity contribution in [3.8, 4) is 6.07 Å². The van der Waals surface area contributed by atoms with Gasteiger partial charge in [0.05, 0.1) is 22.7 Å². The van der Waals surface area contributed by atoms with E-state index in [9.17, 15) is 4.79 Å². The van der Waals surface area contributed by atoms with E-state index in [1.54, 1.807) is 18.2 Å². The first-order valence-corrected chi connectivity index (χ1v) is 10.2. The van der Waals surface area contributed by atoms with E-state index in [-0.39, 0.29) is 12.1 Å². The number of benzene rings is 2. The third kappa shape index (κ3) is 3.88. The predicted molar refractivity (Wildman–Crippen MR) is 111 cm³/mol. The molecule has 0 saturated heterocycles. The zero-order valence-corrected chi connectivity index (χ0v) is 16.2. The van der Waals surface area contributed by atoms with Gasteiger partial charge < -0.3 is 5.32 Å². The first kappa shape index (κ1) is 18.2. The van der Waals surface area contributed by atoms with Crippen molar-refractivity contribution >= 4 is 44.8 Å². The van der Waals surface area contributed by atoms with Gasteiger partial charge in [0.25, 0.3) is 5.56 Å². The molecule has 28 heavy (non-hydrogen) atoms. The lowest BCUT2D eigenvalue weighted by molar-refractivity contribution is 0.730. The zero-order chi connectivity index (χ0) is 19.3. The van der Waals surface area contributed by atoms with E-state index in [1.165, 1.54) is 27.7 Å². The van der Waals surface area contributed by atoms with Crippen molar-refractivity contribution in [1.29, 1.82) is 5.26 Å². The maximum Gasteiger partial charge on any atom is 0.262 e. The first-order valence-electron chi connectivity index (χ1n) is 8.38. The van der Waals surface area contributed by atoms with Crippen LogP contribution in [0.4, 0.5) is 10.8 Å². The lowest BCUT2D eigenvalue weighted by atomic mass is 10.2. The SMILES string of the molecule is N#CCn1c(CSc2nnc(Nc3ccccc3)s2)nc2ccccc2c1=O. The van der Waals surface area contributed by atoms with Crippen LogP contribution in [0.2, 0.25) is 0 Å². The number of nitriles is 1. The topological polar surface area (TPSA) is 96.5 Å². The van der Waals surface area contributed by atoms with Crippen molar-refractivity contribution in [1.82, 2.24) is 19.7 Å². The maximum absolute atomic E-state index is 12.7. The van der Waals surface area contributed by atoms with Crippen molar-refractivity contribution in [3.63, 3.8) is 0 Å². The third-order valence-corrected chi connectivity index (χ3v) is 5.89. The van der Waals surface area contributed by atoms with E-state index in [4.69, 9.17) is 5.26 Å². The summed E-state index contributed by atoms with van der Waals surface area (Å²) in [5.74, 6) is 0.963. The summed E-state index contributed by atoms with van der Waals surface area (Å²) in [4.78, 5) is 17.3. The number of aromatic nitrogens is 4. The summed E-state index contributed by atoms with van der Waals surface area (Å²) in [5, 5.41) is 21.8. The van der Waals surface area contributed by atoms with Gasteiger partial charge in [0.15, 0.2) is 4.34 Å². The number of fused-ring (bicyclic) bond motifs is 1. The highest BCUT2D eigenvalue weighted by atomic mass is 32.2. The predicted octanol–water partition coefficient (Wildman–Crippen LogP) is 3.81. The summed E-state index contributed by atoms with van der Waals surface area (Å²) in [6.45, 7) is -0.0382. The number of rotatable bonds is 6. The van der Waals surface area contributed by atoms with Crippen molar-refractivity contribution in [2.45, 2.75) is 16.6 Å². The number of nitrogens with zero attached hydrogens (tertiary/aromatic N) is 5. The van der Waals surface area contributed by atoms with Crippen LogP contribution in [0.1, 0.15) is 5.82 Å². The van der Waals surface area contributed by atoms with Gasteiger partial charge >= 0.3 is 0 Å². The molecule has 1 N–H and O–H groups in total. The first-order chi connectivity index (χ1) is 13.7. The van der Waals surface area contributed by atoms with Crippen LogP contribution in [-0.2, 0) is 12.3 Å². The summed E-state index contributed by atoms with van der Waals surface area (Å²) in [7, 11) is 0. The molecule has 0 atom stereocenters. The Labute approximate surface area is 168 Å². The fraction of sp³-hybridized carbons (Fsp3) is 0.105. The molecule has 0 amide bonds. The van der Waals surface area contributed by atoms with Crippen LogP contribution in [0.3, 0.4) is 0 Å². The van der Waals surface area contributed by atoms with E-state index in [1.807, 2.05) is 42.5 Å². The monoisotopic (exact) mass is 406 g/mol. The molecule has 0 radical (unpaired) electrons. The van der Waals surface area contributed by atoms with E-state index >= 15 is 0 Å². The van der Waals surface area contributed by atoms with E-state index in [2.05, 4.69) is 20.5 Å². The van der Waals surface area contributed by atoms with Crippen LogP contribution in [-0.4, -0.2) is 19.7 Å². The van der Waals surface area contributed by atoms with Crippen molar-refractivity contribution in [3.05, 3.63) is 70.8 Å². The Bertz CT molecular complexity index is 1210. The number of thioether (sulfide) groups is 1. The standard InChI is InChI=1S/C19H14N6OS2/c20-10-11-25-16(22-15-9-5-4-8-14(15)17(25)26)12-27-19-24-23-18(28-19)21-13-6-2-1-3-7-13/h1-9H,11-12H2,(H,21,23). The van der Waals surface area contributed by atoms with Crippen LogP contribution in [0.15, 0.2) is 63.7 Å². The minimum Gasteiger partial charge on any atom is -0.330 e. The van der Waals surface area contributed by atoms with Crippen LogP contribution in [0, 0.1) is 11.3 Å². The molecule has 0 bridgehead atoms. The fourth-order valence-electron chi connectivity index (χ4n) is 2.65. The molecule has 2 aromatic heterocycles. The fourth-order valence-corrected chi connectivity index (χ4v) is 4.37. The smallest absolute Gasteiger partial charge is 0.262 e. The molecule has 0 unspecified atom stereocenters. The van der Waals surface area contributed by atoms with Crippen LogP contribution in [0.5, 0.6) is 0 Å². The molecule has 0 aliphatic heterocycles. The lowest BCUT2D eigenvalue weighted by Crippen LogP contribution is -2.24. The van der Waals surface area contributed by atoms with Gasteiger partial charge in [-0.2, -0.15) is 5.26 Å². The minimum atomic E-state index is -0.202. The average molecular weight is 406 g/mol. The van der Waals surface area contributed by atoms with E-state index in [0.717, 1.165) is 10.0 Å². The Morgan fingerprint density at radius 3 is 2.71 bits per heavy atom. The number of hydrogen-bond acceptors (Lipinski definition) is 8. The van der Waals surface area contributed by atoms with Crippen LogP contribution >= 0.6 is 23.1 Å².